The van der Waals surface area contributed by atoms with Gasteiger partial charge in [-0.05, 0) is 44.4 Å². The Kier molecular flexibility index (Phi) is 5.05. The first-order valence-corrected chi connectivity index (χ1v) is 7.91. The summed E-state index contributed by atoms with van der Waals surface area (Å²) in [5.74, 6) is 1.01. The Morgan fingerprint density at radius 2 is 2.12 bits per heavy atom. The van der Waals surface area contributed by atoms with Crippen LogP contribution in [0.2, 0.25) is 0 Å². The van der Waals surface area contributed by atoms with Gasteiger partial charge in [-0.15, -0.1) is 11.3 Å². The highest BCUT2D eigenvalue weighted by atomic mass is 32.1. The molecule has 1 atom stereocenters. The summed E-state index contributed by atoms with van der Waals surface area (Å²) in [6.07, 6.45) is 9.77. The van der Waals surface area contributed by atoms with Crippen molar-refractivity contribution in [2.75, 3.05) is 7.05 Å². The average molecular weight is 251 g/mol. The molecule has 1 N–H and O–H groups in total. The molecule has 2 heteroatoms. The van der Waals surface area contributed by atoms with Crippen LogP contribution in [0.4, 0.5) is 0 Å². The summed E-state index contributed by atoms with van der Waals surface area (Å²) in [6, 6.07) is 5.19. The molecule has 1 unspecified atom stereocenters. The fraction of sp³-hybridized carbons (Fsp3) is 0.733. The summed E-state index contributed by atoms with van der Waals surface area (Å²) in [4.78, 5) is 3.04. The molecule has 2 rings (SSSR count). The van der Waals surface area contributed by atoms with Crippen molar-refractivity contribution in [1.82, 2.24) is 5.32 Å². The molecule has 0 aromatic carbocycles. The highest BCUT2D eigenvalue weighted by Gasteiger charge is 2.18. The Hall–Kier alpha value is -0.340. The molecule has 1 aliphatic rings. The van der Waals surface area contributed by atoms with Gasteiger partial charge in [0.15, 0.2) is 0 Å². The van der Waals surface area contributed by atoms with Crippen LogP contribution in [0.1, 0.15) is 61.2 Å². The maximum absolute atomic E-state index is 3.49. The minimum Gasteiger partial charge on any atom is -0.312 e. The van der Waals surface area contributed by atoms with Crippen molar-refractivity contribution in [3.63, 3.8) is 0 Å². The van der Waals surface area contributed by atoms with Crippen molar-refractivity contribution in [3.8, 4) is 0 Å². The predicted molar refractivity (Wildman–Crippen MR) is 76.7 cm³/mol. The van der Waals surface area contributed by atoms with Gasteiger partial charge in [0.2, 0.25) is 0 Å². The lowest BCUT2D eigenvalue weighted by Crippen LogP contribution is -2.16. The molecule has 1 nitrogen and oxygen atoms in total. The normalized spacial score (nSPS) is 18.7. The summed E-state index contributed by atoms with van der Waals surface area (Å²) in [7, 11) is 2.10. The van der Waals surface area contributed by atoms with Crippen LogP contribution in [0.5, 0.6) is 0 Å². The zero-order chi connectivity index (χ0) is 12.1. The summed E-state index contributed by atoms with van der Waals surface area (Å²) in [6.45, 7) is 2.24. The Labute approximate surface area is 110 Å². The third-order valence-electron chi connectivity index (χ3n) is 4.06. The predicted octanol–water partition coefficient (Wildman–Crippen LogP) is 4.54. The number of hydrogen-bond acceptors (Lipinski definition) is 2. The van der Waals surface area contributed by atoms with Crippen LogP contribution in [-0.4, -0.2) is 7.05 Å². The van der Waals surface area contributed by atoms with Crippen molar-refractivity contribution in [1.29, 1.82) is 0 Å². The molecule has 1 aliphatic carbocycles. The van der Waals surface area contributed by atoms with E-state index in [-0.39, 0.29) is 0 Å². The second-order valence-corrected chi connectivity index (χ2v) is 6.43. The van der Waals surface area contributed by atoms with Crippen molar-refractivity contribution < 1.29 is 0 Å². The fourth-order valence-corrected chi connectivity index (χ4v) is 4.00. The molecule has 1 aromatic heterocycles. The van der Waals surface area contributed by atoms with Crippen LogP contribution < -0.4 is 5.32 Å². The van der Waals surface area contributed by atoms with Gasteiger partial charge in [-0.1, -0.05) is 32.6 Å². The van der Waals surface area contributed by atoms with Crippen LogP contribution in [0.3, 0.4) is 0 Å². The third-order valence-corrected chi connectivity index (χ3v) is 5.40. The standard InChI is InChI=1S/C15H25NS/c1-3-13-9-11-15(17-13)14(16-2)10-8-12-6-4-5-7-12/h9,11-12,14,16H,3-8,10H2,1-2H3. The number of aryl methyl sites for hydroxylation is 1. The lowest BCUT2D eigenvalue weighted by atomic mass is 9.98. The van der Waals surface area contributed by atoms with Crippen molar-refractivity contribution in [2.24, 2.45) is 5.92 Å². The van der Waals surface area contributed by atoms with E-state index in [0.717, 1.165) is 5.92 Å². The zero-order valence-electron chi connectivity index (χ0n) is 11.2. The Morgan fingerprint density at radius 1 is 1.35 bits per heavy atom. The average Bonchev–Trinajstić information content (AvgIpc) is 3.00. The molecule has 1 heterocycles. The van der Waals surface area contributed by atoms with E-state index in [1.54, 1.807) is 0 Å². The molecule has 1 saturated carbocycles. The Balaban J connectivity index is 1.86. The van der Waals surface area contributed by atoms with Gasteiger partial charge in [0.1, 0.15) is 0 Å². The number of hydrogen-bond donors (Lipinski definition) is 1. The van der Waals surface area contributed by atoms with E-state index < -0.39 is 0 Å². The second-order valence-electron chi connectivity index (χ2n) is 5.23. The summed E-state index contributed by atoms with van der Waals surface area (Å²) in [5, 5.41) is 3.49. The molecule has 96 valence electrons. The van der Waals surface area contributed by atoms with Crippen LogP contribution in [0.25, 0.3) is 0 Å². The quantitative estimate of drug-likeness (QED) is 0.782. The Bertz CT molecular complexity index is 325. The first-order chi connectivity index (χ1) is 8.33. The van der Waals surface area contributed by atoms with Crippen LogP contribution >= 0.6 is 11.3 Å². The summed E-state index contributed by atoms with van der Waals surface area (Å²) >= 11 is 1.99. The van der Waals surface area contributed by atoms with E-state index in [1.165, 1.54) is 54.7 Å². The number of rotatable bonds is 6. The Morgan fingerprint density at radius 3 is 2.71 bits per heavy atom. The van der Waals surface area contributed by atoms with Gasteiger partial charge in [-0.3, -0.25) is 0 Å². The number of thiophene rings is 1. The lowest BCUT2D eigenvalue weighted by molar-refractivity contribution is 0.430. The highest BCUT2D eigenvalue weighted by Crippen LogP contribution is 2.33. The molecule has 0 spiro atoms. The van der Waals surface area contributed by atoms with Gasteiger partial charge in [-0.2, -0.15) is 0 Å². The molecule has 1 fully saturated rings. The van der Waals surface area contributed by atoms with Crippen LogP contribution in [-0.2, 0) is 6.42 Å². The largest absolute Gasteiger partial charge is 0.312 e. The maximum Gasteiger partial charge on any atom is 0.0412 e. The minimum atomic E-state index is 0.584. The SMILES string of the molecule is CCc1ccc(C(CCC2CCCC2)NC)s1. The van der Waals surface area contributed by atoms with E-state index in [1.807, 2.05) is 11.3 Å². The van der Waals surface area contributed by atoms with Crippen molar-refractivity contribution >= 4 is 11.3 Å². The smallest absolute Gasteiger partial charge is 0.0412 e. The molecular formula is C15H25NS. The monoisotopic (exact) mass is 251 g/mol. The topological polar surface area (TPSA) is 12.0 Å². The first kappa shape index (κ1) is 13.1. The van der Waals surface area contributed by atoms with Gasteiger partial charge >= 0.3 is 0 Å². The molecule has 17 heavy (non-hydrogen) atoms. The summed E-state index contributed by atoms with van der Waals surface area (Å²) < 4.78 is 0. The minimum absolute atomic E-state index is 0.584. The van der Waals surface area contributed by atoms with Gasteiger partial charge < -0.3 is 5.32 Å². The van der Waals surface area contributed by atoms with E-state index in [9.17, 15) is 0 Å². The van der Waals surface area contributed by atoms with E-state index in [4.69, 9.17) is 0 Å². The number of nitrogens with one attached hydrogen (secondary N) is 1. The van der Waals surface area contributed by atoms with E-state index in [0.29, 0.717) is 6.04 Å². The van der Waals surface area contributed by atoms with Gasteiger partial charge in [0.05, 0.1) is 0 Å². The highest BCUT2D eigenvalue weighted by molar-refractivity contribution is 7.12. The van der Waals surface area contributed by atoms with Gasteiger partial charge in [0.25, 0.3) is 0 Å². The molecule has 0 aliphatic heterocycles. The second kappa shape index (κ2) is 6.55. The van der Waals surface area contributed by atoms with E-state index in [2.05, 4.69) is 31.4 Å². The fourth-order valence-electron chi connectivity index (χ4n) is 2.90. The van der Waals surface area contributed by atoms with Gasteiger partial charge in [0, 0.05) is 15.8 Å². The van der Waals surface area contributed by atoms with Crippen LogP contribution in [0.15, 0.2) is 12.1 Å². The summed E-state index contributed by atoms with van der Waals surface area (Å²) in [5.41, 5.74) is 0. The zero-order valence-corrected chi connectivity index (χ0v) is 12.0. The molecule has 0 radical (unpaired) electrons. The molecule has 0 amide bonds. The van der Waals surface area contributed by atoms with Crippen molar-refractivity contribution in [2.45, 2.75) is 57.9 Å². The molecule has 0 bridgehead atoms. The van der Waals surface area contributed by atoms with E-state index >= 15 is 0 Å². The van der Waals surface area contributed by atoms with Crippen molar-refractivity contribution in [3.05, 3.63) is 21.9 Å². The molecular weight excluding hydrogens is 226 g/mol. The lowest BCUT2D eigenvalue weighted by Gasteiger charge is -2.17. The maximum atomic E-state index is 3.49. The first-order valence-electron chi connectivity index (χ1n) is 7.09. The van der Waals surface area contributed by atoms with Gasteiger partial charge in [-0.25, -0.2) is 0 Å². The third kappa shape index (κ3) is 3.56. The molecule has 0 saturated heterocycles. The molecule has 1 aromatic rings. The van der Waals surface area contributed by atoms with Crippen LogP contribution in [0, 0.1) is 5.92 Å².